The van der Waals surface area contributed by atoms with Gasteiger partial charge in [-0.15, -0.1) is 0 Å². The van der Waals surface area contributed by atoms with Crippen molar-refractivity contribution in [1.29, 1.82) is 5.26 Å². The Balaban J connectivity index is 1.93. The SMILES string of the molecule is CC1=C(CC/C(C)=C/OC(=O)c2ccc(C#N)cc2)C(C)(C)CCC1. The zero-order chi connectivity index (χ0) is 18.4. The standard InChI is InChI=1S/C22H27NO2/c1-16(7-12-20-17(2)6-5-13-22(20,3)4)15-25-21(24)19-10-8-18(14-23)9-11-19/h8-11,15H,5-7,12-13H2,1-4H3/b16-15+. The van der Waals surface area contributed by atoms with Crippen molar-refractivity contribution in [2.24, 2.45) is 5.41 Å². The summed E-state index contributed by atoms with van der Waals surface area (Å²) >= 11 is 0. The van der Waals surface area contributed by atoms with E-state index in [1.807, 2.05) is 13.0 Å². The van der Waals surface area contributed by atoms with Gasteiger partial charge in [0.1, 0.15) is 0 Å². The summed E-state index contributed by atoms with van der Waals surface area (Å²) in [7, 11) is 0. The predicted molar refractivity (Wildman–Crippen MR) is 99.9 cm³/mol. The van der Waals surface area contributed by atoms with Gasteiger partial charge in [0.25, 0.3) is 0 Å². The molecule has 0 radical (unpaired) electrons. The van der Waals surface area contributed by atoms with Gasteiger partial charge in [0.2, 0.25) is 0 Å². The van der Waals surface area contributed by atoms with E-state index in [1.54, 1.807) is 36.1 Å². The Morgan fingerprint density at radius 1 is 1.32 bits per heavy atom. The summed E-state index contributed by atoms with van der Waals surface area (Å²) < 4.78 is 5.28. The second-order valence-electron chi connectivity index (χ2n) is 7.55. The van der Waals surface area contributed by atoms with E-state index in [-0.39, 0.29) is 5.41 Å². The first kappa shape index (κ1) is 19.0. The van der Waals surface area contributed by atoms with Crippen LogP contribution in [-0.2, 0) is 4.74 Å². The first-order chi connectivity index (χ1) is 11.8. The summed E-state index contributed by atoms with van der Waals surface area (Å²) in [4.78, 5) is 12.1. The second kappa shape index (κ2) is 8.16. The Kier molecular flexibility index (Phi) is 6.20. The van der Waals surface area contributed by atoms with E-state index < -0.39 is 5.97 Å². The highest BCUT2D eigenvalue weighted by Crippen LogP contribution is 2.42. The van der Waals surface area contributed by atoms with Crippen LogP contribution in [0.3, 0.4) is 0 Å². The number of hydrogen-bond acceptors (Lipinski definition) is 3. The lowest BCUT2D eigenvalue weighted by Crippen LogP contribution is -2.20. The summed E-state index contributed by atoms with van der Waals surface area (Å²) in [5, 5.41) is 8.79. The molecule has 0 spiro atoms. The molecule has 0 heterocycles. The zero-order valence-electron chi connectivity index (χ0n) is 15.7. The molecule has 0 atom stereocenters. The smallest absolute Gasteiger partial charge is 0.342 e. The van der Waals surface area contributed by atoms with Crippen LogP contribution in [0.25, 0.3) is 0 Å². The number of carbonyl (C=O) groups excluding carboxylic acids is 1. The Hall–Kier alpha value is -2.34. The maximum Gasteiger partial charge on any atom is 0.342 e. The lowest BCUT2D eigenvalue weighted by atomic mass is 9.71. The average molecular weight is 337 g/mol. The molecule has 0 unspecified atom stereocenters. The lowest BCUT2D eigenvalue weighted by molar-refractivity contribution is 0.0660. The van der Waals surface area contributed by atoms with Crippen LogP contribution in [0.1, 0.15) is 75.7 Å². The van der Waals surface area contributed by atoms with Crippen molar-refractivity contribution >= 4 is 5.97 Å². The molecule has 1 aromatic rings. The largest absolute Gasteiger partial charge is 0.431 e. The van der Waals surface area contributed by atoms with Gasteiger partial charge in [-0.3, -0.25) is 0 Å². The molecule has 0 aromatic heterocycles. The molecule has 2 rings (SSSR count). The highest BCUT2D eigenvalue weighted by atomic mass is 16.5. The first-order valence-corrected chi connectivity index (χ1v) is 8.89. The van der Waals surface area contributed by atoms with Crippen LogP contribution in [0.4, 0.5) is 0 Å². The molecule has 1 aliphatic carbocycles. The number of nitrogens with zero attached hydrogens (tertiary/aromatic N) is 1. The van der Waals surface area contributed by atoms with Gasteiger partial charge < -0.3 is 4.74 Å². The van der Waals surface area contributed by atoms with Gasteiger partial charge in [-0.25, -0.2) is 4.79 Å². The fraction of sp³-hybridized carbons (Fsp3) is 0.455. The van der Waals surface area contributed by atoms with Crippen LogP contribution in [-0.4, -0.2) is 5.97 Å². The molecule has 1 aliphatic rings. The van der Waals surface area contributed by atoms with Gasteiger partial charge in [0, 0.05) is 0 Å². The Bertz CT molecular complexity index is 730. The van der Waals surface area contributed by atoms with Crippen molar-refractivity contribution in [1.82, 2.24) is 0 Å². The summed E-state index contributed by atoms with van der Waals surface area (Å²) in [6.07, 6.45) is 7.21. The number of carbonyl (C=O) groups is 1. The monoisotopic (exact) mass is 337 g/mol. The van der Waals surface area contributed by atoms with Crippen LogP contribution >= 0.6 is 0 Å². The molecule has 0 amide bonds. The van der Waals surface area contributed by atoms with Gasteiger partial charge in [-0.05, 0) is 81.2 Å². The van der Waals surface area contributed by atoms with E-state index in [9.17, 15) is 4.79 Å². The quantitative estimate of drug-likeness (QED) is 0.380. The van der Waals surface area contributed by atoms with Crippen molar-refractivity contribution in [3.8, 4) is 6.07 Å². The Labute approximate surface area is 151 Å². The molecular weight excluding hydrogens is 310 g/mol. The van der Waals surface area contributed by atoms with E-state index >= 15 is 0 Å². The summed E-state index contributed by atoms with van der Waals surface area (Å²) in [6, 6.07) is 8.50. The van der Waals surface area contributed by atoms with Gasteiger partial charge >= 0.3 is 5.97 Å². The zero-order valence-corrected chi connectivity index (χ0v) is 15.7. The Morgan fingerprint density at radius 3 is 2.60 bits per heavy atom. The van der Waals surface area contributed by atoms with Crippen molar-refractivity contribution < 1.29 is 9.53 Å². The fourth-order valence-electron chi connectivity index (χ4n) is 3.51. The molecule has 1 aromatic carbocycles. The molecule has 0 aliphatic heterocycles. The molecule has 3 heteroatoms. The van der Waals surface area contributed by atoms with Gasteiger partial charge in [-0.1, -0.05) is 25.0 Å². The fourth-order valence-corrected chi connectivity index (χ4v) is 3.51. The average Bonchev–Trinajstić information content (AvgIpc) is 2.58. The van der Waals surface area contributed by atoms with E-state index in [0.29, 0.717) is 11.1 Å². The molecule has 0 fully saturated rings. The number of ether oxygens (including phenoxy) is 1. The number of rotatable bonds is 5. The van der Waals surface area contributed by atoms with Gasteiger partial charge in [-0.2, -0.15) is 5.26 Å². The van der Waals surface area contributed by atoms with Crippen LogP contribution in [0.15, 0.2) is 47.2 Å². The minimum Gasteiger partial charge on any atom is -0.431 e. The van der Waals surface area contributed by atoms with Gasteiger partial charge in [0.05, 0.1) is 23.5 Å². The van der Waals surface area contributed by atoms with E-state index in [4.69, 9.17) is 10.00 Å². The highest BCUT2D eigenvalue weighted by molar-refractivity contribution is 5.89. The predicted octanol–water partition coefficient (Wildman–Crippen LogP) is 5.93. The first-order valence-electron chi connectivity index (χ1n) is 8.89. The number of benzene rings is 1. The van der Waals surface area contributed by atoms with E-state index in [1.165, 1.54) is 24.8 Å². The second-order valence-corrected chi connectivity index (χ2v) is 7.55. The Morgan fingerprint density at radius 2 is 2.00 bits per heavy atom. The number of esters is 1. The van der Waals surface area contributed by atoms with Crippen molar-refractivity contribution in [3.63, 3.8) is 0 Å². The maximum atomic E-state index is 12.1. The maximum absolute atomic E-state index is 12.1. The number of hydrogen-bond donors (Lipinski definition) is 0. The molecule has 25 heavy (non-hydrogen) atoms. The molecule has 0 bridgehead atoms. The van der Waals surface area contributed by atoms with Crippen LogP contribution < -0.4 is 0 Å². The minimum atomic E-state index is -0.391. The van der Waals surface area contributed by atoms with Crippen molar-refractivity contribution in [2.75, 3.05) is 0 Å². The number of nitriles is 1. The van der Waals surface area contributed by atoms with Crippen molar-refractivity contribution in [2.45, 2.75) is 59.8 Å². The third kappa shape index (κ3) is 5.06. The van der Waals surface area contributed by atoms with Crippen LogP contribution in [0, 0.1) is 16.7 Å². The van der Waals surface area contributed by atoms with Crippen LogP contribution in [0.5, 0.6) is 0 Å². The summed E-state index contributed by atoms with van der Waals surface area (Å²) in [5.74, 6) is -0.391. The van der Waals surface area contributed by atoms with E-state index in [0.717, 1.165) is 18.4 Å². The van der Waals surface area contributed by atoms with Crippen LogP contribution in [0.2, 0.25) is 0 Å². The third-order valence-electron chi connectivity index (χ3n) is 5.07. The third-order valence-corrected chi connectivity index (χ3v) is 5.07. The summed E-state index contributed by atoms with van der Waals surface area (Å²) in [6.45, 7) is 8.90. The molecule has 0 saturated heterocycles. The topological polar surface area (TPSA) is 50.1 Å². The molecule has 3 nitrogen and oxygen atoms in total. The normalized spacial score (nSPS) is 17.2. The molecule has 0 saturated carbocycles. The minimum absolute atomic E-state index is 0.280. The highest BCUT2D eigenvalue weighted by Gasteiger charge is 2.27. The molecule has 0 N–H and O–H groups in total. The molecule has 132 valence electrons. The lowest BCUT2D eigenvalue weighted by Gasteiger charge is -2.34. The summed E-state index contributed by atoms with van der Waals surface area (Å²) in [5.41, 5.74) is 5.41. The van der Waals surface area contributed by atoms with E-state index in [2.05, 4.69) is 20.8 Å². The van der Waals surface area contributed by atoms with Crippen molar-refractivity contribution in [3.05, 3.63) is 58.4 Å². The number of allylic oxidation sites excluding steroid dienone is 3. The molecular formula is C22H27NO2. The van der Waals surface area contributed by atoms with Gasteiger partial charge in [0.15, 0.2) is 0 Å².